The van der Waals surface area contributed by atoms with Gasteiger partial charge in [0.2, 0.25) is 5.95 Å². The first-order valence-corrected chi connectivity index (χ1v) is 8.27. The topological polar surface area (TPSA) is 126 Å². The molecule has 0 atom stereocenters. The van der Waals surface area contributed by atoms with Gasteiger partial charge in [0.25, 0.3) is 0 Å². The summed E-state index contributed by atoms with van der Waals surface area (Å²) in [6.45, 7) is 0.544. The normalized spacial score (nSPS) is 10.7. The molecule has 8 heteroatoms. The van der Waals surface area contributed by atoms with Crippen molar-refractivity contribution in [3.63, 3.8) is 0 Å². The van der Waals surface area contributed by atoms with Gasteiger partial charge in [0.05, 0.1) is 11.2 Å². The number of nitrogens with two attached hydrogens (primary N) is 1. The second-order valence-corrected chi connectivity index (χ2v) is 5.89. The van der Waals surface area contributed by atoms with Crippen LogP contribution in [-0.2, 0) is 6.54 Å². The highest BCUT2D eigenvalue weighted by Gasteiger charge is 2.08. The third-order valence-corrected chi connectivity index (χ3v) is 4.09. The average molecular weight is 356 g/mol. The number of hydrogen-bond acceptors (Lipinski definition) is 8. The molecule has 0 bridgehead atoms. The van der Waals surface area contributed by atoms with Crippen LogP contribution in [0.1, 0.15) is 5.56 Å². The van der Waals surface area contributed by atoms with E-state index in [9.17, 15) is 0 Å². The Balaban J connectivity index is 1.60. The molecule has 27 heavy (non-hydrogen) atoms. The van der Waals surface area contributed by atoms with Crippen LogP contribution in [-0.4, -0.2) is 19.9 Å². The molecule has 0 aliphatic carbocycles. The summed E-state index contributed by atoms with van der Waals surface area (Å²) in [5.74, 6) is 0.728. The number of nitrogens with zero attached hydrogens (tertiary/aromatic N) is 5. The molecule has 0 saturated heterocycles. The zero-order valence-electron chi connectivity index (χ0n) is 14.3. The van der Waals surface area contributed by atoms with E-state index in [1.807, 2.05) is 24.3 Å². The van der Waals surface area contributed by atoms with Crippen LogP contribution < -0.4 is 11.1 Å². The molecule has 3 aromatic heterocycles. The Morgan fingerprint density at radius 3 is 2.70 bits per heavy atom. The van der Waals surface area contributed by atoms with Crippen molar-refractivity contribution in [2.75, 3.05) is 11.1 Å². The minimum Gasteiger partial charge on any atom is -0.368 e. The van der Waals surface area contributed by atoms with Crippen LogP contribution in [0, 0.1) is 5.53 Å². The van der Waals surface area contributed by atoms with Crippen molar-refractivity contribution in [2.45, 2.75) is 6.54 Å². The Morgan fingerprint density at radius 2 is 1.89 bits per heavy atom. The number of anilines is 2. The molecule has 8 nitrogen and oxygen atoms in total. The lowest BCUT2D eigenvalue weighted by Gasteiger charge is -2.10. The largest absolute Gasteiger partial charge is 0.368 e. The molecule has 4 N–H and O–H groups in total. The molecular formula is C19H16N8. The monoisotopic (exact) mass is 356 g/mol. The molecular weight excluding hydrogens is 340 g/mol. The zero-order chi connectivity index (χ0) is 18.6. The second kappa shape index (κ2) is 7.12. The molecule has 0 radical (unpaired) electrons. The quantitative estimate of drug-likeness (QED) is 0.465. The lowest BCUT2D eigenvalue weighted by Crippen LogP contribution is -2.03. The number of benzene rings is 1. The predicted molar refractivity (Wildman–Crippen MR) is 104 cm³/mol. The van der Waals surface area contributed by atoms with E-state index in [1.165, 1.54) is 0 Å². The van der Waals surface area contributed by atoms with Crippen LogP contribution in [0.2, 0.25) is 0 Å². The number of hydrogen-bond donors (Lipinski definition) is 3. The predicted octanol–water partition coefficient (Wildman–Crippen LogP) is 3.94. The van der Waals surface area contributed by atoms with Gasteiger partial charge < -0.3 is 11.1 Å². The minimum absolute atomic E-state index is 0.209. The van der Waals surface area contributed by atoms with Gasteiger partial charge in [-0.05, 0) is 35.9 Å². The lowest BCUT2D eigenvalue weighted by atomic mass is 10.1. The summed E-state index contributed by atoms with van der Waals surface area (Å²) in [5.41, 5.74) is 16.8. The molecule has 3 heterocycles. The van der Waals surface area contributed by atoms with E-state index in [1.54, 1.807) is 30.7 Å². The molecule has 0 spiro atoms. The fourth-order valence-corrected chi connectivity index (χ4v) is 2.72. The minimum atomic E-state index is 0.209. The van der Waals surface area contributed by atoms with Gasteiger partial charge in [0.15, 0.2) is 5.82 Å². The van der Waals surface area contributed by atoms with Gasteiger partial charge in [-0.25, -0.2) is 20.5 Å². The number of pyridine rings is 2. The van der Waals surface area contributed by atoms with Gasteiger partial charge in [0.1, 0.15) is 5.69 Å². The van der Waals surface area contributed by atoms with Crippen LogP contribution >= 0.6 is 0 Å². The number of nitrogen functional groups attached to an aromatic ring is 1. The second-order valence-electron chi connectivity index (χ2n) is 5.89. The van der Waals surface area contributed by atoms with E-state index in [-0.39, 0.29) is 5.95 Å². The van der Waals surface area contributed by atoms with Crippen LogP contribution in [0.3, 0.4) is 0 Å². The van der Waals surface area contributed by atoms with Gasteiger partial charge in [-0.3, -0.25) is 4.98 Å². The maximum Gasteiger partial charge on any atom is 0.219 e. The van der Waals surface area contributed by atoms with Crippen molar-refractivity contribution in [1.29, 1.82) is 5.53 Å². The summed E-state index contributed by atoms with van der Waals surface area (Å²) in [7, 11) is 0. The SMILES string of the molecule is N=Nc1ccc(-c2cnc(N)nc2)nc1NCc1ccc2ncccc2c1. The Labute approximate surface area is 155 Å². The Morgan fingerprint density at radius 1 is 1.04 bits per heavy atom. The van der Waals surface area contributed by atoms with E-state index in [4.69, 9.17) is 11.3 Å². The van der Waals surface area contributed by atoms with Crippen LogP contribution in [0.4, 0.5) is 17.5 Å². The first-order chi connectivity index (χ1) is 13.2. The number of nitrogens with one attached hydrogen (secondary N) is 2. The summed E-state index contributed by atoms with van der Waals surface area (Å²) in [6, 6.07) is 13.5. The maximum absolute atomic E-state index is 7.37. The molecule has 0 amide bonds. The van der Waals surface area contributed by atoms with Crippen molar-refractivity contribution in [2.24, 2.45) is 5.11 Å². The molecule has 0 fully saturated rings. The first kappa shape index (κ1) is 16.5. The number of rotatable bonds is 5. The number of fused-ring (bicyclic) bond motifs is 1. The van der Waals surface area contributed by atoms with E-state index < -0.39 is 0 Å². The molecule has 0 aliphatic heterocycles. The molecule has 0 aliphatic rings. The Bertz CT molecular complexity index is 1110. The lowest BCUT2D eigenvalue weighted by molar-refractivity contribution is 1.08. The fourth-order valence-electron chi connectivity index (χ4n) is 2.72. The number of aromatic nitrogens is 4. The van der Waals surface area contributed by atoms with Gasteiger partial charge in [-0.1, -0.05) is 12.1 Å². The van der Waals surface area contributed by atoms with Crippen LogP contribution in [0.25, 0.3) is 22.2 Å². The van der Waals surface area contributed by atoms with E-state index >= 15 is 0 Å². The standard InChI is InChI=1S/C19H16N8/c20-19-24-10-14(11-25-19)16-5-6-17(27-21)18(26-16)23-9-12-3-4-15-13(8-12)2-1-7-22-15/h1-8,10-11,21H,9H2,(H,23,26)(H2,20,24,25). The Hall–Kier alpha value is -3.94. The summed E-state index contributed by atoms with van der Waals surface area (Å²) in [4.78, 5) is 16.9. The molecule has 0 saturated carbocycles. The highest BCUT2D eigenvalue weighted by atomic mass is 15.1. The van der Waals surface area contributed by atoms with Crippen LogP contribution in [0.15, 0.2) is 66.2 Å². The highest BCUT2D eigenvalue weighted by Crippen LogP contribution is 2.27. The van der Waals surface area contributed by atoms with Crippen molar-refractivity contribution in [3.05, 3.63) is 66.6 Å². The fraction of sp³-hybridized carbons (Fsp3) is 0.0526. The van der Waals surface area contributed by atoms with E-state index in [0.29, 0.717) is 23.7 Å². The highest BCUT2D eigenvalue weighted by molar-refractivity contribution is 5.79. The maximum atomic E-state index is 7.37. The van der Waals surface area contributed by atoms with E-state index in [0.717, 1.165) is 22.0 Å². The zero-order valence-corrected chi connectivity index (χ0v) is 14.3. The van der Waals surface area contributed by atoms with Crippen molar-refractivity contribution in [3.8, 4) is 11.3 Å². The molecule has 4 aromatic rings. The average Bonchev–Trinajstić information content (AvgIpc) is 2.72. The third kappa shape index (κ3) is 3.54. The van der Waals surface area contributed by atoms with Gasteiger partial charge in [0, 0.05) is 36.1 Å². The van der Waals surface area contributed by atoms with E-state index in [2.05, 4.69) is 36.4 Å². The summed E-state index contributed by atoms with van der Waals surface area (Å²) in [5, 5.41) is 7.87. The molecule has 4 rings (SSSR count). The van der Waals surface area contributed by atoms with Crippen molar-refractivity contribution < 1.29 is 0 Å². The molecule has 132 valence electrons. The van der Waals surface area contributed by atoms with Crippen molar-refractivity contribution >= 4 is 28.4 Å². The summed E-state index contributed by atoms with van der Waals surface area (Å²) in [6.07, 6.45) is 5.00. The van der Waals surface area contributed by atoms with Crippen LogP contribution in [0.5, 0.6) is 0 Å². The summed E-state index contributed by atoms with van der Waals surface area (Å²) >= 11 is 0. The third-order valence-electron chi connectivity index (χ3n) is 4.09. The van der Waals surface area contributed by atoms with Gasteiger partial charge in [-0.2, -0.15) is 5.11 Å². The Kier molecular flexibility index (Phi) is 4.36. The smallest absolute Gasteiger partial charge is 0.219 e. The first-order valence-electron chi connectivity index (χ1n) is 8.27. The van der Waals surface area contributed by atoms with Crippen molar-refractivity contribution in [1.82, 2.24) is 19.9 Å². The summed E-state index contributed by atoms with van der Waals surface area (Å²) < 4.78 is 0. The van der Waals surface area contributed by atoms with Gasteiger partial charge >= 0.3 is 0 Å². The van der Waals surface area contributed by atoms with Gasteiger partial charge in [-0.15, -0.1) is 0 Å². The molecule has 0 unspecified atom stereocenters. The molecule has 1 aromatic carbocycles.